The minimum atomic E-state index is 0.377. The fourth-order valence-corrected chi connectivity index (χ4v) is 2.20. The molecule has 2 rings (SSSR count). The Morgan fingerprint density at radius 3 is 2.56 bits per heavy atom. The van der Waals surface area contributed by atoms with Gasteiger partial charge in [0.1, 0.15) is 17.5 Å². The summed E-state index contributed by atoms with van der Waals surface area (Å²) in [4.78, 5) is 5.18. The summed E-state index contributed by atoms with van der Waals surface area (Å²) in [6, 6.07) is 9.51. The highest BCUT2D eigenvalue weighted by Crippen LogP contribution is 2.22. The standard InChI is InChI=1S/C13H11Cl2NOS/c1-18-11-4-2-10(3-5-11)17-8-9-7-16-13(15)6-12(9)14/h2-7H,8H2,1H3. The Bertz CT molecular complexity index is 531. The van der Waals surface area contributed by atoms with Gasteiger partial charge in [0, 0.05) is 16.7 Å². The Kier molecular flexibility index (Phi) is 4.75. The van der Waals surface area contributed by atoms with Crippen LogP contribution in [0.15, 0.2) is 41.4 Å². The first-order valence-corrected chi connectivity index (χ1v) is 7.24. The van der Waals surface area contributed by atoms with E-state index < -0.39 is 0 Å². The summed E-state index contributed by atoms with van der Waals surface area (Å²) < 4.78 is 5.64. The Balaban J connectivity index is 2.02. The van der Waals surface area contributed by atoms with Gasteiger partial charge in [0.2, 0.25) is 0 Å². The molecule has 18 heavy (non-hydrogen) atoms. The molecule has 1 heterocycles. The van der Waals surface area contributed by atoms with Crippen LogP contribution in [0, 0.1) is 0 Å². The number of nitrogens with zero attached hydrogens (tertiary/aromatic N) is 1. The summed E-state index contributed by atoms with van der Waals surface area (Å²) in [6.45, 7) is 0.377. The van der Waals surface area contributed by atoms with Crippen LogP contribution in [0.25, 0.3) is 0 Å². The number of aromatic nitrogens is 1. The Morgan fingerprint density at radius 1 is 1.22 bits per heavy atom. The maximum Gasteiger partial charge on any atom is 0.130 e. The lowest BCUT2D eigenvalue weighted by atomic mass is 10.3. The lowest BCUT2D eigenvalue weighted by Crippen LogP contribution is -1.97. The predicted octanol–water partition coefficient (Wildman–Crippen LogP) is 4.69. The predicted molar refractivity (Wildman–Crippen MR) is 76.8 cm³/mol. The zero-order valence-corrected chi connectivity index (χ0v) is 12.0. The third-order valence-corrected chi connectivity index (χ3v) is 3.65. The van der Waals surface area contributed by atoms with Gasteiger partial charge in [-0.1, -0.05) is 23.2 Å². The maximum absolute atomic E-state index is 6.04. The van der Waals surface area contributed by atoms with Crippen LogP contribution in [0.5, 0.6) is 5.75 Å². The zero-order valence-electron chi connectivity index (χ0n) is 9.69. The highest BCUT2D eigenvalue weighted by molar-refractivity contribution is 7.98. The van der Waals surface area contributed by atoms with Gasteiger partial charge < -0.3 is 4.74 Å². The van der Waals surface area contributed by atoms with E-state index >= 15 is 0 Å². The monoisotopic (exact) mass is 299 g/mol. The lowest BCUT2D eigenvalue weighted by Gasteiger charge is -2.08. The summed E-state index contributed by atoms with van der Waals surface area (Å²) in [6.07, 6.45) is 3.66. The number of rotatable bonds is 4. The van der Waals surface area contributed by atoms with E-state index in [9.17, 15) is 0 Å². The molecular formula is C13H11Cl2NOS. The van der Waals surface area contributed by atoms with Crippen molar-refractivity contribution in [3.8, 4) is 5.75 Å². The van der Waals surface area contributed by atoms with Gasteiger partial charge in [-0.2, -0.15) is 0 Å². The number of hydrogen-bond acceptors (Lipinski definition) is 3. The van der Waals surface area contributed by atoms with E-state index in [4.69, 9.17) is 27.9 Å². The molecule has 0 saturated heterocycles. The average molecular weight is 300 g/mol. The molecule has 0 radical (unpaired) electrons. The molecular weight excluding hydrogens is 289 g/mol. The lowest BCUT2D eigenvalue weighted by molar-refractivity contribution is 0.305. The largest absolute Gasteiger partial charge is 0.489 e. The molecule has 0 spiro atoms. The van der Waals surface area contributed by atoms with Crippen LogP contribution < -0.4 is 4.74 Å². The van der Waals surface area contributed by atoms with Crippen molar-refractivity contribution in [1.82, 2.24) is 4.98 Å². The average Bonchev–Trinajstić information content (AvgIpc) is 2.38. The van der Waals surface area contributed by atoms with E-state index in [-0.39, 0.29) is 0 Å². The number of hydrogen-bond donors (Lipinski definition) is 0. The number of thioether (sulfide) groups is 1. The van der Waals surface area contributed by atoms with E-state index in [2.05, 4.69) is 4.98 Å². The summed E-state index contributed by atoms with van der Waals surface area (Å²) in [7, 11) is 0. The van der Waals surface area contributed by atoms with Crippen molar-refractivity contribution >= 4 is 35.0 Å². The molecule has 0 saturated carbocycles. The molecule has 0 fully saturated rings. The van der Waals surface area contributed by atoms with Gasteiger partial charge in [0.15, 0.2) is 0 Å². The SMILES string of the molecule is CSc1ccc(OCc2cnc(Cl)cc2Cl)cc1. The first-order chi connectivity index (χ1) is 8.69. The minimum Gasteiger partial charge on any atom is -0.489 e. The molecule has 5 heteroatoms. The zero-order chi connectivity index (χ0) is 13.0. The van der Waals surface area contributed by atoms with Crippen molar-refractivity contribution < 1.29 is 4.74 Å². The van der Waals surface area contributed by atoms with Crippen LogP contribution in [-0.4, -0.2) is 11.2 Å². The molecule has 0 atom stereocenters. The van der Waals surface area contributed by atoms with Gasteiger partial charge in [-0.15, -0.1) is 11.8 Å². The number of pyridine rings is 1. The van der Waals surface area contributed by atoms with Gasteiger partial charge in [-0.25, -0.2) is 4.98 Å². The first-order valence-electron chi connectivity index (χ1n) is 5.26. The molecule has 0 aliphatic heterocycles. The number of ether oxygens (including phenoxy) is 1. The van der Waals surface area contributed by atoms with Gasteiger partial charge >= 0.3 is 0 Å². The fraction of sp³-hybridized carbons (Fsp3) is 0.154. The van der Waals surface area contributed by atoms with Crippen molar-refractivity contribution in [2.24, 2.45) is 0 Å². The number of halogens is 2. The molecule has 0 aliphatic rings. The Hall–Kier alpha value is -0.900. The second kappa shape index (κ2) is 6.32. The van der Waals surface area contributed by atoms with E-state index in [1.165, 1.54) is 4.90 Å². The third-order valence-electron chi connectivity index (χ3n) is 2.35. The van der Waals surface area contributed by atoms with Crippen LogP contribution >= 0.6 is 35.0 Å². The van der Waals surface area contributed by atoms with Crippen LogP contribution in [0.4, 0.5) is 0 Å². The molecule has 0 N–H and O–H groups in total. The van der Waals surface area contributed by atoms with Crippen molar-refractivity contribution in [3.05, 3.63) is 52.3 Å². The second-order valence-corrected chi connectivity index (χ2v) is 5.24. The van der Waals surface area contributed by atoms with Gasteiger partial charge in [-0.3, -0.25) is 0 Å². The van der Waals surface area contributed by atoms with Crippen molar-refractivity contribution in [2.75, 3.05) is 6.26 Å². The van der Waals surface area contributed by atoms with E-state index in [0.717, 1.165) is 11.3 Å². The summed E-state index contributed by atoms with van der Waals surface area (Å²) in [5.41, 5.74) is 0.815. The molecule has 0 bridgehead atoms. The molecule has 1 aromatic heterocycles. The van der Waals surface area contributed by atoms with Crippen LogP contribution in [0.2, 0.25) is 10.2 Å². The normalized spacial score (nSPS) is 10.4. The van der Waals surface area contributed by atoms with Crippen LogP contribution in [-0.2, 0) is 6.61 Å². The van der Waals surface area contributed by atoms with E-state index in [1.807, 2.05) is 30.5 Å². The summed E-state index contributed by atoms with van der Waals surface area (Å²) >= 11 is 13.5. The van der Waals surface area contributed by atoms with Gasteiger partial charge in [-0.05, 0) is 36.6 Å². The quantitative estimate of drug-likeness (QED) is 0.604. The first kappa shape index (κ1) is 13.5. The summed E-state index contributed by atoms with van der Waals surface area (Å²) in [5, 5.41) is 0.948. The van der Waals surface area contributed by atoms with E-state index in [1.54, 1.807) is 24.0 Å². The number of benzene rings is 1. The van der Waals surface area contributed by atoms with Crippen molar-refractivity contribution in [3.63, 3.8) is 0 Å². The molecule has 0 amide bonds. The van der Waals surface area contributed by atoms with Crippen molar-refractivity contribution in [1.29, 1.82) is 0 Å². The highest BCUT2D eigenvalue weighted by atomic mass is 35.5. The van der Waals surface area contributed by atoms with Crippen LogP contribution in [0.1, 0.15) is 5.56 Å². The van der Waals surface area contributed by atoms with Gasteiger partial charge in [0.05, 0.1) is 5.02 Å². The van der Waals surface area contributed by atoms with Gasteiger partial charge in [0.25, 0.3) is 0 Å². The highest BCUT2D eigenvalue weighted by Gasteiger charge is 2.03. The Morgan fingerprint density at radius 2 is 1.94 bits per heavy atom. The molecule has 1 aromatic carbocycles. The topological polar surface area (TPSA) is 22.1 Å². The Labute approximate surface area is 120 Å². The fourth-order valence-electron chi connectivity index (χ4n) is 1.38. The molecule has 0 aliphatic carbocycles. The minimum absolute atomic E-state index is 0.377. The van der Waals surface area contributed by atoms with Crippen molar-refractivity contribution in [2.45, 2.75) is 11.5 Å². The maximum atomic E-state index is 6.04. The molecule has 94 valence electrons. The summed E-state index contributed by atoms with van der Waals surface area (Å²) in [5.74, 6) is 0.804. The van der Waals surface area contributed by atoms with E-state index in [0.29, 0.717) is 16.8 Å². The molecule has 2 nitrogen and oxygen atoms in total. The molecule has 2 aromatic rings. The smallest absolute Gasteiger partial charge is 0.130 e. The third kappa shape index (κ3) is 3.55. The van der Waals surface area contributed by atoms with Crippen LogP contribution in [0.3, 0.4) is 0 Å². The second-order valence-electron chi connectivity index (χ2n) is 3.56. The molecule has 0 unspecified atom stereocenters.